The van der Waals surface area contributed by atoms with Gasteiger partial charge in [-0.2, -0.15) is 10.2 Å². The maximum absolute atomic E-state index is 12.3. The number of H-pyrrole nitrogens is 1. The van der Waals surface area contributed by atoms with Crippen molar-refractivity contribution in [1.29, 1.82) is 0 Å². The summed E-state index contributed by atoms with van der Waals surface area (Å²) in [5.41, 5.74) is 3.26. The molecule has 1 aliphatic heterocycles. The van der Waals surface area contributed by atoms with Crippen LogP contribution in [0.1, 0.15) is 16.8 Å². The highest BCUT2D eigenvalue weighted by molar-refractivity contribution is 6.18. The van der Waals surface area contributed by atoms with E-state index in [0.717, 1.165) is 21.8 Å². The van der Waals surface area contributed by atoms with Crippen molar-refractivity contribution in [2.45, 2.75) is 6.42 Å². The molecule has 92 valence electrons. The monoisotopic (exact) mass is 249 g/mol. The van der Waals surface area contributed by atoms with E-state index >= 15 is 0 Å². The Balaban J connectivity index is 2.18. The summed E-state index contributed by atoms with van der Waals surface area (Å²) in [6.07, 6.45) is 0.422. The molecule has 0 aliphatic carbocycles. The summed E-state index contributed by atoms with van der Waals surface area (Å²) < 4.78 is 0. The van der Waals surface area contributed by atoms with Crippen LogP contribution < -0.4 is 0 Å². The maximum atomic E-state index is 12.3. The zero-order chi connectivity index (χ0) is 12.8. The summed E-state index contributed by atoms with van der Waals surface area (Å²) in [6.45, 7) is 0.467. The van der Waals surface area contributed by atoms with Gasteiger partial charge in [0.15, 0.2) is 5.78 Å². The Kier molecular flexibility index (Phi) is 2.06. The molecule has 0 spiro atoms. The first kappa shape index (κ1) is 10.4. The molecule has 4 heteroatoms. The molecule has 3 aromatic rings. The fourth-order valence-corrected chi connectivity index (χ4v) is 2.68. The summed E-state index contributed by atoms with van der Waals surface area (Å²) in [6, 6.07) is 11.9. The fourth-order valence-electron chi connectivity index (χ4n) is 2.68. The lowest BCUT2D eigenvalue weighted by Gasteiger charge is -2.02. The number of aromatic amines is 1. The average Bonchev–Trinajstić information content (AvgIpc) is 2.70. The van der Waals surface area contributed by atoms with Gasteiger partial charge in [-0.05, 0) is 18.2 Å². The Hall–Kier alpha value is -2.49. The third-order valence-corrected chi connectivity index (χ3v) is 3.56. The van der Waals surface area contributed by atoms with Gasteiger partial charge in [0.1, 0.15) is 0 Å². The second-order valence-electron chi connectivity index (χ2n) is 4.69. The molecule has 2 aromatic carbocycles. The van der Waals surface area contributed by atoms with Gasteiger partial charge in [0.2, 0.25) is 0 Å². The molecule has 0 bridgehead atoms. The van der Waals surface area contributed by atoms with Crippen molar-refractivity contribution in [3.63, 3.8) is 0 Å². The molecule has 0 saturated carbocycles. The highest BCUT2D eigenvalue weighted by Crippen LogP contribution is 2.34. The molecule has 1 aromatic heterocycles. The molecule has 1 aliphatic rings. The molecule has 0 fully saturated rings. The van der Waals surface area contributed by atoms with E-state index in [1.54, 1.807) is 0 Å². The molecular formula is C15H11N3O. The van der Waals surface area contributed by atoms with E-state index in [2.05, 4.69) is 21.3 Å². The second-order valence-corrected chi connectivity index (χ2v) is 4.69. The summed E-state index contributed by atoms with van der Waals surface area (Å²) in [5, 5.41) is 10.4. The van der Waals surface area contributed by atoms with E-state index in [9.17, 15) is 4.79 Å². The Morgan fingerprint density at radius 1 is 1.05 bits per heavy atom. The number of aromatic nitrogens is 1. The zero-order valence-electron chi connectivity index (χ0n) is 10.2. The van der Waals surface area contributed by atoms with Gasteiger partial charge in [0, 0.05) is 22.7 Å². The number of Topliss-reactive ketones (excluding diaryl/α,β-unsaturated/α-hetero) is 1. The number of benzene rings is 2. The van der Waals surface area contributed by atoms with Gasteiger partial charge in [-0.3, -0.25) is 4.79 Å². The van der Waals surface area contributed by atoms with Crippen molar-refractivity contribution in [2.24, 2.45) is 10.2 Å². The van der Waals surface area contributed by atoms with Crippen molar-refractivity contribution < 1.29 is 4.79 Å². The number of carbonyl (C=O) groups excluding carboxylic acids is 1. The highest BCUT2D eigenvalue weighted by atomic mass is 16.1. The number of rotatable bonds is 0. The van der Waals surface area contributed by atoms with Crippen molar-refractivity contribution in [2.75, 3.05) is 6.54 Å². The molecule has 1 N–H and O–H groups in total. The van der Waals surface area contributed by atoms with Crippen molar-refractivity contribution >= 4 is 33.3 Å². The quantitative estimate of drug-likeness (QED) is 0.643. The number of hydrogen-bond acceptors (Lipinski definition) is 3. The van der Waals surface area contributed by atoms with Crippen molar-refractivity contribution in [3.05, 3.63) is 42.0 Å². The normalized spacial score (nSPS) is 14.8. The molecule has 0 amide bonds. The minimum atomic E-state index is 0.108. The molecular weight excluding hydrogens is 238 g/mol. The van der Waals surface area contributed by atoms with E-state index in [1.165, 1.54) is 0 Å². The van der Waals surface area contributed by atoms with Gasteiger partial charge < -0.3 is 4.98 Å². The Bertz CT molecular complexity index is 845. The van der Waals surface area contributed by atoms with Gasteiger partial charge in [-0.25, -0.2) is 0 Å². The van der Waals surface area contributed by atoms with Crippen LogP contribution in [0.5, 0.6) is 0 Å². The second kappa shape index (κ2) is 3.75. The first-order valence-electron chi connectivity index (χ1n) is 6.29. The van der Waals surface area contributed by atoms with Crippen LogP contribution in [0.15, 0.2) is 46.6 Å². The largest absolute Gasteiger partial charge is 0.354 e. The van der Waals surface area contributed by atoms with Gasteiger partial charge in [0.25, 0.3) is 0 Å². The lowest BCUT2D eigenvalue weighted by Crippen LogP contribution is -2.00. The molecule has 4 rings (SSSR count). The lowest BCUT2D eigenvalue weighted by molar-refractivity contribution is 0.0989. The van der Waals surface area contributed by atoms with Gasteiger partial charge in [-0.1, -0.05) is 18.2 Å². The topological polar surface area (TPSA) is 57.6 Å². The van der Waals surface area contributed by atoms with Crippen LogP contribution in [0.3, 0.4) is 0 Å². The zero-order valence-corrected chi connectivity index (χ0v) is 10.2. The van der Waals surface area contributed by atoms with Crippen molar-refractivity contribution in [1.82, 2.24) is 4.98 Å². The summed E-state index contributed by atoms with van der Waals surface area (Å²) in [7, 11) is 0. The SMILES string of the molecule is O=C1CCN=Nc2ccc3c([nH]c4ccccc43)c21. The number of nitrogens with zero attached hydrogens (tertiary/aromatic N) is 2. The van der Waals surface area contributed by atoms with Crippen molar-refractivity contribution in [3.8, 4) is 0 Å². The summed E-state index contributed by atoms with van der Waals surface area (Å²) in [4.78, 5) is 15.6. The predicted octanol–water partition coefficient (Wildman–Crippen LogP) is 3.99. The number of carbonyl (C=O) groups is 1. The first-order chi connectivity index (χ1) is 9.34. The summed E-state index contributed by atoms with van der Waals surface area (Å²) >= 11 is 0. The molecule has 4 nitrogen and oxygen atoms in total. The third-order valence-electron chi connectivity index (χ3n) is 3.56. The number of ketones is 1. The number of para-hydroxylation sites is 1. The average molecular weight is 249 g/mol. The standard InChI is InChI=1S/C15H11N3O/c19-13-7-8-16-18-12-6-5-10-9-3-1-2-4-11(9)17-15(10)14(12)13/h1-6,17H,7-8H2. The number of azo groups is 1. The number of nitrogens with one attached hydrogen (secondary N) is 1. The Labute approximate surface area is 109 Å². The first-order valence-corrected chi connectivity index (χ1v) is 6.29. The van der Waals surface area contributed by atoms with Crippen LogP contribution in [0.2, 0.25) is 0 Å². The number of hydrogen-bond donors (Lipinski definition) is 1. The summed E-state index contributed by atoms with van der Waals surface area (Å²) in [5.74, 6) is 0.108. The molecule has 2 heterocycles. The molecule has 0 atom stereocenters. The lowest BCUT2D eigenvalue weighted by atomic mass is 10.0. The smallest absolute Gasteiger partial charge is 0.169 e. The van der Waals surface area contributed by atoms with E-state index in [4.69, 9.17) is 0 Å². The molecule has 0 saturated heterocycles. The van der Waals surface area contributed by atoms with Crippen LogP contribution in [-0.4, -0.2) is 17.3 Å². The minimum Gasteiger partial charge on any atom is -0.354 e. The third kappa shape index (κ3) is 1.43. The maximum Gasteiger partial charge on any atom is 0.169 e. The van der Waals surface area contributed by atoms with Gasteiger partial charge >= 0.3 is 0 Å². The van der Waals surface area contributed by atoms with Crippen LogP contribution in [0.4, 0.5) is 5.69 Å². The van der Waals surface area contributed by atoms with Gasteiger partial charge in [-0.15, -0.1) is 0 Å². The Morgan fingerprint density at radius 3 is 2.89 bits per heavy atom. The van der Waals surface area contributed by atoms with Crippen LogP contribution in [0, 0.1) is 0 Å². The molecule has 0 unspecified atom stereocenters. The van der Waals surface area contributed by atoms with E-state index in [1.807, 2.05) is 30.3 Å². The highest BCUT2D eigenvalue weighted by Gasteiger charge is 2.19. The minimum absolute atomic E-state index is 0.108. The number of fused-ring (bicyclic) bond motifs is 5. The van der Waals surface area contributed by atoms with E-state index in [0.29, 0.717) is 24.2 Å². The Morgan fingerprint density at radius 2 is 1.95 bits per heavy atom. The van der Waals surface area contributed by atoms with Crippen LogP contribution in [0.25, 0.3) is 21.8 Å². The fraction of sp³-hybridized carbons (Fsp3) is 0.133. The van der Waals surface area contributed by atoms with E-state index < -0.39 is 0 Å². The van der Waals surface area contributed by atoms with Gasteiger partial charge in [0.05, 0.1) is 23.3 Å². The predicted molar refractivity (Wildman–Crippen MR) is 74.1 cm³/mol. The van der Waals surface area contributed by atoms with Crippen LogP contribution >= 0.6 is 0 Å². The van der Waals surface area contributed by atoms with Crippen LogP contribution in [-0.2, 0) is 0 Å². The van der Waals surface area contributed by atoms with E-state index in [-0.39, 0.29) is 5.78 Å². The molecule has 19 heavy (non-hydrogen) atoms. The molecule has 0 radical (unpaired) electrons.